The quantitative estimate of drug-likeness (QED) is 0.557. The summed E-state index contributed by atoms with van der Waals surface area (Å²) in [6, 6.07) is 10.4. The number of carbonyl (C=O) groups is 1. The van der Waals surface area contributed by atoms with Gasteiger partial charge in [0.15, 0.2) is 0 Å². The summed E-state index contributed by atoms with van der Waals surface area (Å²) in [5, 5.41) is 12.1. The van der Waals surface area contributed by atoms with Crippen molar-refractivity contribution in [1.82, 2.24) is 0 Å². The lowest BCUT2D eigenvalue weighted by Crippen LogP contribution is -2.14. The van der Waals surface area contributed by atoms with Crippen molar-refractivity contribution in [2.24, 2.45) is 0 Å². The Morgan fingerprint density at radius 2 is 1.86 bits per heavy atom. The van der Waals surface area contributed by atoms with Crippen molar-refractivity contribution in [2.45, 2.75) is 11.8 Å². The van der Waals surface area contributed by atoms with Crippen molar-refractivity contribution in [1.29, 1.82) is 0 Å². The van der Waals surface area contributed by atoms with Gasteiger partial charge in [-0.3, -0.25) is 9.52 Å². The monoisotopic (exact) mass is 384 g/mol. The third-order valence-corrected chi connectivity index (χ3v) is 5.08. The van der Waals surface area contributed by atoms with Crippen LogP contribution in [0.4, 0.5) is 11.4 Å². The predicted octanol–water partition coefficient (Wildman–Crippen LogP) is 2.91. The van der Waals surface area contributed by atoms with Crippen LogP contribution in [-0.4, -0.2) is 19.4 Å². The number of hydrogen-bond donors (Lipinski definition) is 3. The molecule has 0 heterocycles. The molecule has 0 saturated heterocycles. The molecule has 0 aromatic heterocycles. The molecule has 0 aliphatic carbocycles. The molecule has 8 heteroatoms. The second-order valence-corrected chi connectivity index (χ2v) is 6.95. The molecule has 0 unspecified atom stereocenters. The first-order valence-corrected chi connectivity index (χ1v) is 8.45. The van der Waals surface area contributed by atoms with E-state index in [1.807, 2.05) is 0 Å². The smallest absolute Gasteiger partial charge is 0.263 e. The molecule has 3 N–H and O–H groups in total. The summed E-state index contributed by atoms with van der Waals surface area (Å²) in [5.41, 5.74) is 0.345. The Morgan fingerprint density at radius 1 is 1.18 bits per heavy atom. The standard InChI is InChI=1S/C14H13BrN2O4S/c1-9(18)16-12-8-10(6-7-13(12)19)17-22(20,21)14-5-3-2-4-11(14)15/h2-8,17,19H,1H3,(H,16,18). The van der Waals surface area contributed by atoms with Gasteiger partial charge in [-0.15, -0.1) is 0 Å². The predicted molar refractivity (Wildman–Crippen MR) is 87.4 cm³/mol. The molecule has 0 saturated carbocycles. The van der Waals surface area contributed by atoms with Crippen LogP contribution in [0.25, 0.3) is 0 Å². The van der Waals surface area contributed by atoms with Crippen LogP contribution in [0.2, 0.25) is 0 Å². The lowest BCUT2D eigenvalue weighted by molar-refractivity contribution is -0.114. The van der Waals surface area contributed by atoms with E-state index in [1.165, 1.54) is 31.2 Å². The lowest BCUT2D eigenvalue weighted by Gasteiger charge is -2.12. The topological polar surface area (TPSA) is 95.5 Å². The SMILES string of the molecule is CC(=O)Nc1cc(NS(=O)(=O)c2ccccc2Br)ccc1O. The molecule has 2 aromatic carbocycles. The van der Waals surface area contributed by atoms with E-state index in [4.69, 9.17) is 0 Å². The average Bonchev–Trinajstić information content (AvgIpc) is 2.42. The Labute approximate surface area is 136 Å². The van der Waals surface area contributed by atoms with Crippen LogP contribution in [0.5, 0.6) is 5.75 Å². The number of phenolic OH excluding ortho intramolecular Hbond substituents is 1. The van der Waals surface area contributed by atoms with Gasteiger partial charge in [0.2, 0.25) is 5.91 Å². The number of anilines is 2. The molecule has 116 valence electrons. The summed E-state index contributed by atoms with van der Waals surface area (Å²) in [7, 11) is -3.79. The van der Waals surface area contributed by atoms with Gasteiger partial charge in [-0.1, -0.05) is 12.1 Å². The van der Waals surface area contributed by atoms with Crippen molar-refractivity contribution in [3.05, 3.63) is 46.9 Å². The Bertz CT molecular complexity index is 821. The first kappa shape index (κ1) is 16.3. The molecule has 2 aromatic rings. The van der Waals surface area contributed by atoms with Gasteiger partial charge in [-0.2, -0.15) is 0 Å². The maximum atomic E-state index is 12.3. The molecular weight excluding hydrogens is 372 g/mol. The van der Waals surface area contributed by atoms with Crippen LogP contribution >= 0.6 is 15.9 Å². The van der Waals surface area contributed by atoms with E-state index in [2.05, 4.69) is 26.0 Å². The van der Waals surface area contributed by atoms with Gasteiger partial charge in [-0.05, 0) is 46.3 Å². The van der Waals surface area contributed by atoms with E-state index in [-0.39, 0.29) is 27.9 Å². The fraction of sp³-hybridized carbons (Fsp3) is 0.0714. The average molecular weight is 385 g/mol. The molecule has 0 aliphatic heterocycles. The third-order valence-electron chi connectivity index (χ3n) is 2.69. The van der Waals surface area contributed by atoms with E-state index >= 15 is 0 Å². The largest absolute Gasteiger partial charge is 0.506 e. The number of nitrogens with one attached hydrogen (secondary N) is 2. The van der Waals surface area contributed by atoms with E-state index in [0.29, 0.717) is 4.47 Å². The molecule has 22 heavy (non-hydrogen) atoms. The van der Waals surface area contributed by atoms with Crippen molar-refractivity contribution in [2.75, 3.05) is 10.0 Å². The Hall–Kier alpha value is -2.06. The molecular formula is C14H13BrN2O4S. The van der Waals surface area contributed by atoms with Gasteiger partial charge in [-0.25, -0.2) is 8.42 Å². The molecule has 0 bridgehead atoms. The number of benzene rings is 2. The number of aromatic hydroxyl groups is 1. The summed E-state index contributed by atoms with van der Waals surface area (Å²) in [4.78, 5) is 11.1. The summed E-state index contributed by atoms with van der Waals surface area (Å²) in [5.74, 6) is -0.528. The summed E-state index contributed by atoms with van der Waals surface area (Å²) < 4.78 is 27.5. The van der Waals surface area contributed by atoms with Gasteiger partial charge >= 0.3 is 0 Å². The van der Waals surface area contributed by atoms with E-state index < -0.39 is 10.0 Å². The van der Waals surface area contributed by atoms with Crippen molar-refractivity contribution < 1.29 is 18.3 Å². The van der Waals surface area contributed by atoms with Crippen LogP contribution in [0, 0.1) is 0 Å². The van der Waals surface area contributed by atoms with Crippen LogP contribution in [0.15, 0.2) is 51.8 Å². The Morgan fingerprint density at radius 3 is 2.50 bits per heavy atom. The molecule has 6 nitrogen and oxygen atoms in total. The normalized spacial score (nSPS) is 11.0. The van der Waals surface area contributed by atoms with Crippen molar-refractivity contribution in [3.63, 3.8) is 0 Å². The summed E-state index contributed by atoms with van der Waals surface area (Å²) >= 11 is 3.19. The maximum absolute atomic E-state index is 12.3. The van der Waals surface area contributed by atoms with Crippen LogP contribution in [0.3, 0.4) is 0 Å². The fourth-order valence-electron chi connectivity index (χ4n) is 1.76. The maximum Gasteiger partial charge on any atom is 0.263 e. The fourth-order valence-corrected chi connectivity index (χ4v) is 3.82. The van der Waals surface area contributed by atoms with Gasteiger partial charge in [0.25, 0.3) is 10.0 Å². The van der Waals surface area contributed by atoms with Gasteiger partial charge in [0, 0.05) is 11.4 Å². The Balaban J connectivity index is 2.34. The second-order valence-electron chi connectivity index (χ2n) is 4.45. The van der Waals surface area contributed by atoms with Gasteiger partial charge in [0.1, 0.15) is 10.6 Å². The van der Waals surface area contributed by atoms with Crippen molar-refractivity contribution in [3.8, 4) is 5.75 Å². The van der Waals surface area contributed by atoms with Gasteiger partial charge < -0.3 is 10.4 Å². The van der Waals surface area contributed by atoms with E-state index in [9.17, 15) is 18.3 Å². The number of carbonyl (C=O) groups excluding carboxylic acids is 1. The summed E-state index contributed by atoms with van der Waals surface area (Å²) in [6.45, 7) is 1.29. The molecule has 0 atom stereocenters. The number of rotatable bonds is 4. The number of amides is 1. The zero-order valence-electron chi connectivity index (χ0n) is 11.5. The number of hydrogen-bond acceptors (Lipinski definition) is 4. The Kier molecular flexibility index (Phi) is 4.72. The van der Waals surface area contributed by atoms with Crippen LogP contribution < -0.4 is 10.0 Å². The van der Waals surface area contributed by atoms with E-state index in [1.54, 1.807) is 18.2 Å². The number of phenols is 1. The highest BCUT2D eigenvalue weighted by atomic mass is 79.9. The van der Waals surface area contributed by atoms with E-state index in [0.717, 1.165) is 0 Å². The third kappa shape index (κ3) is 3.77. The molecule has 1 amide bonds. The highest BCUT2D eigenvalue weighted by molar-refractivity contribution is 9.10. The highest BCUT2D eigenvalue weighted by Gasteiger charge is 2.17. The minimum absolute atomic E-state index is 0.0872. The zero-order valence-corrected chi connectivity index (χ0v) is 13.9. The first-order valence-electron chi connectivity index (χ1n) is 6.17. The molecule has 0 spiro atoms. The van der Waals surface area contributed by atoms with Gasteiger partial charge in [0.05, 0.1) is 11.4 Å². The lowest BCUT2D eigenvalue weighted by atomic mass is 10.2. The number of halogens is 1. The highest BCUT2D eigenvalue weighted by Crippen LogP contribution is 2.29. The van der Waals surface area contributed by atoms with Crippen LogP contribution in [-0.2, 0) is 14.8 Å². The molecule has 0 fully saturated rings. The van der Waals surface area contributed by atoms with Crippen molar-refractivity contribution >= 4 is 43.2 Å². The van der Waals surface area contributed by atoms with Crippen LogP contribution in [0.1, 0.15) is 6.92 Å². The zero-order chi connectivity index (χ0) is 16.3. The minimum atomic E-state index is -3.79. The molecule has 2 rings (SSSR count). The molecule has 0 radical (unpaired) electrons. The molecule has 0 aliphatic rings. The minimum Gasteiger partial charge on any atom is -0.506 e. The second kappa shape index (κ2) is 6.37. The number of sulfonamides is 1. The first-order chi connectivity index (χ1) is 10.3. The summed E-state index contributed by atoms with van der Waals surface area (Å²) in [6.07, 6.45) is 0.